The van der Waals surface area contributed by atoms with Crippen LogP contribution in [0.5, 0.6) is 0 Å². The molecule has 16 heavy (non-hydrogen) atoms. The average Bonchev–Trinajstić information content (AvgIpc) is 2.53. The van der Waals surface area contributed by atoms with Gasteiger partial charge in [0.2, 0.25) is 10.0 Å². The van der Waals surface area contributed by atoms with Crippen LogP contribution >= 0.6 is 0 Å². The van der Waals surface area contributed by atoms with Crippen LogP contribution in [-0.4, -0.2) is 39.2 Å². The first kappa shape index (κ1) is 13.9. The van der Waals surface area contributed by atoms with Crippen LogP contribution in [0.25, 0.3) is 0 Å². The fourth-order valence-corrected chi connectivity index (χ4v) is 2.74. The summed E-state index contributed by atoms with van der Waals surface area (Å²) < 4.78 is 36.4. The minimum absolute atomic E-state index is 0.181. The van der Waals surface area contributed by atoms with Gasteiger partial charge in [0.25, 0.3) is 0 Å². The van der Waals surface area contributed by atoms with E-state index in [0.717, 1.165) is 6.42 Å². The van der Waals surface area contributed by atoms with Crippen molar-refractivity contribution < 1.29 is 17.9 Å². The Balaban J connectivity index is 2.30. The molecule has 6 heteroatoms. The van der Waals surface area contributed by atoms with E-state index in [1.807, 2.05) is 20.8 Å². The molecule has 1 atom stereocenters. The SMILES string of the molecule is CCCCS(=O)(=O)NCC1COC(C)(C)O1. The molecule has 96 valence electrons. The maximum atomic E-state index is 11.5. The molecular weight excluding hydrogens is 230 g/mol. The summed E-state index contributed by atoms with van der Waals surface area (Å²) in [5.41, 5.74) is 0. The van der Waals surface area contributed by atoms with E-state index in [2.05, 4.69) is 4.72 Å². The summed E-state index contributed by atoms with van der Waals surface area (Å²) in [7, 11) is -3.15. The van der Waals surface area contributed by atoms with Gasteiger partial charge < -0.3 is 9.47 Å². The van der Waals surface area contributed by atoms with E-state index in [0.29, 0.717) is 13.0 Å². The summed E-state index contributed by atoms with van der Waals surface area (Å²) in [4.78, 5) is 0. The minimum Gasteiger partial charge on any atom is -0.348 e. The van der Waals surface area contributed by atoms with Gasteiger partial charge in [-0.2, -0.15) is 0 Å². The highest BCUT2D eigenvalue weighted by atomic mass is 32.2. The van der Waals surface area contributed by atoms with E-state index in [1.165, 1.54) is 0 Å². The lowest BCUT2D eigenvalue weighted by Crippen LogP contribution is -2.35. The van der Waals surface area contributed by atoms with Gasteiger partial charge in [0, 0.05) is 6.54 Å². The third kappa shape index (κ3) is 4.78. The van der Waals surface area contributed by atoms with Gasteiger partial charge in [-0.25, -0.2) is 13.1 Å². The number of hydrogen-bond acceptors (Lipinski definition) is 4. The van der Waals surface area contributed by atoms with Gasteiger partial charge in [0.1, 0.15) is 0 Å². The Morgan fingerprint density at radius 2 is 2.12 bits per heavy atom. The van der Waals surface area contributed by atoms with Crippen molar-refractivity contribution in [1.82, 2.24) is 4.72 Å². The van der Waals surface area contributed by atoms with E-state index >= 15 is 0 Å². The number of sulfonamides is 1. The molecule has 0 aromatic carbocycles. The van der Waals surface area contributed by atoms with Crippen LogP contribution < -0.4 is 4.72 Å². The predicted molar refractivity (Wildman–Crippen MR) is 61.6 cm³/mol. The summed E-state index contributed by atoms with van der Waals surface area (Å²) in [6.45, 7) is 6.32. The average molecular weight is 251 g/mol. The van der Waals surface area contributed by atoms with Gasteiger partial charge in [-0.15, -0.1) is 0 Å². The number of unbranched alkanes of at least 4 members (excludes halogenated alkanes) is 1. The highest BCUT2D eigenvalue weighted by molar-refractivity contribution is 7.89. The van der Waals surface area contributed by atoms with Crippen molar-refractivity contribution in [3.05, 3.63) is 0 Å². The minimum atomic E-state index is -3.15. The molecule has 1 saturated heterocycles. The van der Waals surface area contributed by atoms with Crippen molar-refractivity contribution >= 4 is 10.0 Å². The number of ether oxygens (including phenoxy) is 2. The quantitative estimate of drug-likeness (QED) is 0.760. The second-order valence-corrected chi connectivity index (χ2v) is 6.40. The van der Waals surface area contributed by atoms with Crippen LogP contribution in [0, 0.1) is 0 Å². The normalized spacial score (nSPS) is 24.8. The lowest BCUT2D eigenvalue weighted by molar-refractivity contribution is -0.137. The lowest BCUT2D eigenvalue weighted by atomic mass is 10.4. The summed E-state index contributed by atoms with van der Waals surface area (Å²) >= 11 is 0. The fraction of sp³-hybridized carbons (Fsp3) is 1.00. The molecule has 1 unspecified atom stereocenters. The first-order valence-corrected chi connectivity index (χ1v) is 7.29. The van der Waals surface area contributed by atoms with Crippen LogP contribution in [0.1, 0.15) is 33.6 Å². The molecule has 0 aromatic rings. The largest absolute Gasteiger partial charge is 0.348 e. The fourth-order valence-electron chi connectivity index (χ4n) is 1.49. The Hall–Kier alpha value is -0.170. The Morgan fingerprint density at radius 1 is 1.44 bits per heavy atom. The van der Waals surface area contributed by atoms with Crippen molar-refractivity contribution in [1.29, 1.82) is 0 Å². The van der Waals surface area contributed by atoms with E-state index in [9.17, 15) is 8.42 Å². The van der Waals surface area contributed by atoms with Crippen molar-refractivity contribution in [2.45, 2.75) is 45.5 Å². The van der Waals surface area contributed by atoms with Crippen molar-refractivity contribution in [2.75, 3.05) is 18.9 Å². The third-order valence-corrected chi connectivity index (χ3v) is 3.80. The Labute approximate surface area is 97.6 Å². The summed E-state index contributed by atoms with van der Waals surface area (Å²) in [6.07, 6.45) is 1.37. The standard InChI is InChI=1S/C10H21NO4S/c1-4-5-6-16(12,13)11-7-9-8-14-10(2,3)15-9/h9,11H,4-8H2,1-3H3. The first-order chi connectivity index (χ1) is 7.35. The summed E-state index contributed by atoms with van der Waals surface area (Å²) in [5, 5.41) is 0. The maximum Gasteiger partial charge on any atom is 0.211 e. The van der Waals surface area contributed by atoms with E-state index in [4.69, 9.17) is 9.47 Å². The van der Waals surface area contributed by atoms with Gasteiger partial charge in [0.15, 0.2) is 5.79 Å². The predicted octanol–water partition coefficient (Wildman–Crippen LogP) is 0.857. The molecule has 0 amide bonds. The molecule has 0 aliphatic carbocycles. The topological polar surface area (TPSA) is 64.6 Å². The van der Waals surface area contributed by atoms with E-state index < -0.39 is 15.8 Å². The lowest BCUT2D eigenvalue weighted by Gasteiger charge is -2.17. The molecule has 1 heterocycles. The van der Waals surface area contributed by atoms with E-state index in [-0.39, 0.29) is 18.4 Å². The van der Waals surface area contributed by atoms with Crippen LogP contribution in [0.4, 0.5) is 0 Å². The van der Waals surface area contributed by atoms with Gasteiger partial charge in [-0.05, 0) is 20.3 Å². The van der Waals surface area contributed by atoms with Crippen LogP contribution in [0.3, 0.4) is 0 Å². The van der Waals surface area contributed by atoms with Crippen LogP contribution in [-0.2, 0) is 19.5 Å². The maximum absolute atomic E-state index is 11.5. The third-order valence-electron chi connectivity index (χ3n) is 2.36. The first-order valence-electron chi connectivity index (χ1n) is 5.64. The Kier molecular flexibility index (Phi) is 4.73. The monoisotopic (exact) mass is 251 g/mol. The van der Waals surface area contributed by atoms with Gasteiger partial charge in [-0.3, -0.25) is 0 Å². The summed E-state index contributed by atoms with van der Waals surface area (Å²) in [6, 6.07) is 0. The second-order valence-electron chi connectivity index (χ2n) is 4.47. The zero-order valence-corrected chi connectivity index (χ0v) is 11.0. The number of rotatable bonds is 6. The number of hydrogen-bond donors (Lipinski definition) is 1. The van der Waals surface area contributed by atoms with Gasteiger partial charge >= 0.3 is 0 Å². The Bertz CT molecular complexity index is 313. The molecular formula is C10H21NO4S. The molecule has 0 aromatic heterocycles. The van der Waals surface area contributed by atoms with Crippen molar-refractivity contribution in [3.8, 4) is 0 Å². The summed E-state index contributed by atoms with van der Waals surface area (Å²) in [5.74, 6) is -0.417. The van der Waals surface area contributed by atoms with Gasteiger partial charge in [0.05, 0.1) is 18.5 Å². The zero-order chi connectivity index (χ0) is 12.2. The molecule has 0 saturated carbocycles. The molecule has 1 aliphatic rings. The molecule has 1 rings (SSSR count). The molecule has 0 bridgehead atoms. The highest BCUT2D eigenvalue weighted by Gasteiger charge is 2.32. The van der Waals surface area contributed by atoms with Crippen molar-refractivity contribution in [2.24, 2.45) is 0 Å². The Morgan fingerprint density at radius 3 is 2.62 bits per heavy atom. The molecule has 0 spiro atoms. The van der Waals surface area contributed by atoms with Gasteiger partial charge in [-0.1, -0.05) is 13.3 Å². The molecule has 1 aliphatic heterocycles. The van der Waals surface area contributed by atoms with Crippen LogP contribution in [0.2, 0.25) is 0 Å². The van der Waals surface area contributed by atoms with E-state index in [1.54, 1.807) is 0 Å². The molecule has 5 nitrogen and oxygen atoms in total. The van der Waals surface area contributed by atoms with Crippen molar-refractivity contribution in [3.63, 3.8) is 0 Å². The molecule has 0 radical (unpaired) electrons. The highest BCUT2D eigenvalue weighted by Crippen LogP contribution is 2.21. The molecule has 1 fully saturated rings. The smallest absolute Gasteiger partial charge is 0.211 e. The number of nitrogens with one attached hydrogen (secondary N) is 1. The molecule has 1 N–H and O–H groups in total. The zero-order valence-electron chi connectivity index (χ0n) is 10.2. The second kappa shape index (κ2) is 5.44. The van der Waals surface area contributed by atoms with Crippen LogP contribution in [0.15, 0.2) is 0 Å².